The van der Waals surface area contributed by atoms with Gasteiger partial charge in [-0.2, -0.15) is 18.3 Å². The lowest BCUT2D eigenvalue weighted by molar-refractivity contribution is -0.384. The summed E-state index contributed by atoms with van der Waals surface area (Å²) in [5.41, 5.74) is -1.22. The molecule has 0 aliphatic carbocycles. The predicted octanol–water partition coefficient (Wildman–Crippen LogP) is 4.69. The van der Waals surface area contributed by atoms with Gasteiger partial charge in [0, 0.05) is 18.2 Å². The van der Waals surface area contributed by atoms with Crippen molar-refractivity contribution in [2.75, 3.05) is 5.32 Å². The number of nitro groups is 1. The highest BCUT2D eigenvalue weighted by Gasteiger charge is 2.33. The molecule has 0 saturated carbocycles. The van der Waals surface area contributed by atoms with Gasteiger partial charge in [0.1, 0.15) is 17.2 Å². The van der Waals surface area contributed by atoms with Crippen LogP contribution < -0.4 is 10.1 Å². The van der Waals surface area contributed by atoms with Gasteiger partial charge in [0.05, 0.1) is 16.7 Å². The molecule has 150 valence electrons. The Hall–Kier alpha value is -3.89. The van der Waals surface area contributed by atoms with Crippen LogP contribution in [-0.4, -0.2) is 21.0 Å². The molecule has 0 saturated heterocycles. The topological polar surface area (TPSA) is 110 Å². The van der Waals surface area contributed by atoms with Gasteiger partial charge in [0.25, 0.3) is 11.6 Å². The van der Waals surface area contributed by atoms with Crippen molar-refractivity contribution >= 4 is 17.3 Å². The van der Waals surface area contributed by atoms with E-state index in [1.165, 1.54) is 6.07 Å². The van der Waals surface area contributed by atoms with E-state index in [2.05, 4.69) is 10.4 Å². The SMILES string of the molecule is Cc1cccc(Oc2cc(NC(=O)c3cc(C(F)(F)F)[nH]n3)cc([N+](=O)[O-])c2)c1. The van der Waals surface area contributed by atoms with Gasteiger partial charge in [-0.25, -0.2) is 0 Å². The fraction of sp³-hybridized carbons (Fsp3) is 0.111. The summed E-state index contributed by atoms with van der Waals surface area (Å²) in [5, 5.41) is 18.5. The van der Waals surface area contributed by atoms with Crippen molar-refractivity contribution in [3.05, 3.63) is 75.6 Å². The average Bonchev–Trinajstić information content (AvgIpc) is 3.12. The Labute approximate surface area is 161 Å². The maximum Gasteiger partial charge on any atom is 0.432 e. The molecule has 1 heterocycles. The number of aromatic nitrogens is 2. The van der Waals surface area contributed by atoms with Crippen LogP contribution in [0.3, 0.4) is 0 Å². The molecule has 0 atom stereocenters. The molecule has 0 radical (unpaired) electrons. The Kier molecular flexibility index (Phi) is 5.22. The third kappa shape index (κ3) is 4.89. The third-order valence-electron chi connectivity index (χ3n) is 3.70. The predicted molar refractivity (Wildman–Crippen MR) is 95.9 cm³/mol. The standard InChI is InChI=1S/C18H13F3N4O4/c1-10-3-2-4-13(5-10)29-14-7-11(6-12(8-14)25(27)28)22-17(26)15-9-16(24-23-15)18(19,20)21/h2-9H,1H3,(H,22,26)(H,23,24). The first kappa shape index (κ1) is 19.9. The number of nitrogens with zero attached hydrogens (tertiary/aromatic N) is 2. The van der Waals surface area contributed by atoms with E-state index in [4.69, 9.17) is 4.74 Å². The molecule has 2 aromatic carbocycles. The zero-order valence-electron chi connectivity index (χ0n) is 14.8. The highest BCUT2D eigenvalue weighted by atomic mass is 19.4. The van der Waals surface area contributed by atoms with Crippen molar-refractivity contribution in [3.63, 3.8) is 0 Å². The number of aromatic amines is 1. The summed E-state index contributed by atoms with van der Waals surface area (Å²) >= 11 is 0. The largest absolute Gasteiger partial charge is 0.457 e. The molecular weight excluding hydrogens is 393 g/mol. The number of H-pyrrole nitrogens is 1. The molecule has 0 aliphatic heterocycles. The van der Waals surface area contributed by atoms with E-state index in [1.54, 1.807) is 23.3 Å². The number of hydrogen-bond donors (Lipinski definition) is 2. The van der Waals surface area contributed by atoms with Gasteiger partial charge in [-0.15, -0.1) is 0 Å². The first-order chi connectivity index (χ1) is 13.6. The number of hydrogen-bond acceptors (Lipinski definition) is 5. The van der Waals surface area contributed by atoms with Crippen molar-refractivity contribution < 1.29 is 27.6 Å². The van der Waals surface area contributed by atoms with Crippen LogP contribution in [0.1, 0.15) is 21.7 Å². The monoisotopic (exact) mass is 406 g/mol. The zero-order valence-corrected chi connectivity index (χ0v) is 14.8. The van der Waals surface area contributed by atoms with Crippen molar-refractivity contribution in [1.82, 2.24) is 10.2 Å². The highest BCUT2D eigenvalue weighted by molar-refractivity contribution is 6.03. The minimum Gasteiger partial charge on any atom is -0.457 e. The van der Waals surface area contributed by atoms with Crippen LogP contribution in [0.2, 0.25) is 0 Å². The van der Waals surface area contributed by atoms with E-state index in [9.17, 15) is 28.1 Å². The van der Waals surface area contributed by atoms with E-state index >= 15 is 0 Å². The Balaban J connectivity index is 1.86. The molecule has 0 unspecified atom stereocenters. The summed E-state index contributed by atoms with van der Waals surface area (Å²) in [6, 6.07) is 11.0. The van der Waals surface area contributed by atoms with E-state index in [0.717, 1.165) is 17.7 Å². The normalized spacial score (nSPS) is 11.2. The second kappa shape index (κ2) is 7.62. The fourth-order valence-corrected chi connectivity index (χ4v) is 2.41. The van der Waals surface area contributed by atoms with Crippen LogP contribution in [0.15, 0.2) is 48.5 Å². The Morgan fingerprint density at radius 2 is 1.93 bits per heavy atom. The first-order valence-corrected chi connectivity index (χ1v) is 8.10. The fourth-order valence-electron chi connectivity index (χ4n) is 2.41. The number of alkyl halides is 3. The van der Waals surface area contributed by atoms with E-state index < -0.39 is 28.4 Å². The molecule has 29 heavy (non-hydrogen) atoms. The van der Waals surface area contributed by atoms with Crippen molar-refractivity contribution in [2.45, 2.75) is 13.1 Å². The molecule has 3 aromatic rings. The van der Waals surface area contributed by atoms with Crippen LogP contribution in [0.4, 0.5) is 24.5 Å². The van der Waals surface area contributed by atoms with E-state index in [0.29, 0.717) is 11.8 Å². The second-order valence-corrected chi connectivity index (χ2v) is 6.01. The van der Waals surface area contributed by atoms with Crippen molar-refractivity contribution in [1.29, 1.82) is 0 Å². The Morgan fingerprint density at radius 3 is 2.55 bits per heavy atom. The van der Waals surface area contributed by atoms with Gasteiger partial charge in [-0.3, -0.25) is 20.0 Å². The number of carbonyl (C=O) groups excluding carboxylic acids is 1. The van der Waals surface area contributed by atoms with Gasteiger partial charge in [-0.05, 0) is 24.6 Å². The van der Waals surface area contributed by atoms with Crippen molar-refractivity contribution in [3.8, 4) is 11.5 Å². The number of halogens is 3. The van der Waals surface area contributed by atoms with Crippen molar-refractivity contribution in [2.24, 2.45) is 0 Å². The third-order valence-corrected chi connectivity index (χ3v) is 3.70. The summed E-state index contributed by atoms with van der Waals surface area (Å²) in [6.07, 6.45) is -4.69. The molecule has 0 aliphatic rings. The number of anilines is 1. The Morgan fingerprint density at radius 1 is 1.17 bits per heavy atom. The lowest BCUT2D eigenvalue weighted by Crippen LogP contribution is -2.12. The molecular formula is C18H13F3N4O4. The van der Waals surface area contributed by atoms with Gasteiger partial charge >= 0.3 is 6.18 Å². The lowest BCUT2D eigenvalue weighted by atomic mass is 10.2. The zero-order chi connectivity index (χ0) is 21.2. The number of benzene rings is 2. The van der Waals surface area contributed by atoms with Gasteiger partial charge in [0.15, 0.2) is 5.69 Å². The molecule has 0 fully saturated rings. The average molecular weight is 406 g/mol. The molecule has 0 spiro atoms. The number of non-ortho nitro benzene ring substituents is 1. The van der Waals surface area contributed by atoms with Crippen LogP contribution in [0.25, 0.3) is 0 Å². The van der Waals surface area contributed by atoms with Crippen LogP contribution in [0, 0.1) is 17.0 Å². The van der Waals surface area contributed by atoms with E-state index in [1.807, 2.05) is 13.0 Å². The smallest absolute Gasteiger partial charge is 0.432 e. The van der Waals surface area contributed by atoms with Gasteiger partial charge in [-0.1, -0.05) is 12.1 Å². The molecule has 8 nitrogen and oxygen atoms in total. The molecule has 3 rings (SSSR count). The number of nitro benzene ring substituents is 1. The highest BCUT2D eigenvalue weighted by Crippen LogP contribution is 2.31. The number of ether oxygens (including phenoxy) is 1. The molecule has 0 bridgehead atoms. The molecule has 11 heteroatoms. The summed E-state index contributed by atoms with van der Waals surface area (Å²) in [5.74, 6) is -0.484. The van der Waals surface area contributed by atoms with Crippen LogP contribution >= 0.6 is 0 Å². The Bertz CT molecular complexity index is 1080. The maximum atomic E-state index is 12.6. The number of rotatable bonds is 5. The maximum absolute atomic E-state index is 12.6. The number of nitrogens with one attached hydrogen (secondary N) is 2. The summed E-state index contributed by atoms with van der Waals surface area (Å²) in [7, 11) is 0. The van der Waals surface area contributed by atoms with Crippen LogP contribution in [0.5, 0.6) is 11.5 Å². The summed E-state index contributed by atoms with van der Waals surface area (Å²) in [6.45, 7) is 1.84. The second-order valence-electron chi connectivity index (χ2n) is 6.01. The number of aryl methyl sites for hydroxylation is 1. The van der Waals surface area contributed by atoms with Gasteiger partial charge < -0.3 is 10.1 Å². The lowest BCUT2D eigenvalue weighted by Gasteiger charge is -2.09. The molecule has 1 amide bonds. The quantitative estimate of drug-likeness (QED) is 0.472. The number of amides is 1. The summed E-state index contributed by atoms with van der Waals surface area (Å²) in [4.78, 5) is 22.7. The van der Waals surface area contributed by atoms with Gasteiger partial charge in [0.2, 0.25) is 0 Å². The first-order valence-electron chi connectivity index (χ1n) is 8.10. The minimum absolute atomic E-state index is 0.0385. The number of carbonyl (C=O) groups is 1. The van der Waals surface area contributed by atoms with Crippen LogP contribution in [-0.2, 0) is 6.18 Å². The molecule has 1 aromatic heterocycles. The minimum atomic E-state index is -4.69. The molecule has 2 N–H and O–H groups in total. The summed E-state index contributed by atoms with van der Waals surface area (Å²) < 4.78 is 43.5. The van der Waals surface area contributed by atoms with E-state index in [-0.39, 0.29) is 17.1 Å².